The van der Waals surface area contributed by atoms with Crippen LogP contribution >= 0.6 is 0 Å². The van der Waals surface area contributed by atoms with Crippen molar-refractivity contribution in [3.8, 4) is 5.75 Å². The standard InChI is InChI=1S/C30H37FN2O4S/c1-6-9-16-32-21(4)10-11-22(7-2)23-12-14-27-24(19-23)20-33(17-18-37-27)30(34)26-13-15-28(38(5,35)36)29(31)25(26)8-3/h7,10-15,19,32H,2,6,8-9,16-18,20H2,1,3-5H3/b21-10+,22-11+. The van der Waals surface area contributed by atoms with E-state index in [-0.39, 0.29) is 30.0 Å². The van der Waals surface area contributed by atoms with Crippen LogP contribution in [0.25, 0.3) is 5.57 Å². The van der Waals surface area contributed by atoms with Crippen molar-refractivity contribution in [3.63, 3.8) is 0 Å². The van der Waals surface area contributed by atoms with Crippen molar-refractivity contribution in [2.75, 3.05) is 26.0 Å². The number of benzene rings is 2. The maximum atomic E-state index is 15.1. The highest BCUT2D eigenvalue weighted by Gasteiger charge is 2.27. The molecule has 8 heteroatoms. The quantitative estimate of drug-likeness (QED) is 0.310. The molecule has 0 spiro atoms. The van der Waals surface area contributed by atoms with Crippen LogP contribution in [0, 0.1) is 5.82 Å². The summed E-state index contributed by atoms with van der Waals surface area (Å²) >= 11 is 0. The summed E-state index contributed by atoms with van der Waals surface area (Å²) < 4.78 is 44.9. The zero-order valence-electron chi connectivity index (χ0n) is 22.6. The largest absolute Gasteiger partial charge is 0.491 e. The van der Waals surface area contributed by atoms with Crippen molar-refractivity contribution in [3.05, 3.63) is 88.9 Å². The Morgan fingerprint density at radius 3 is 2.63 bits per heavy atom. The SMILES string of the molecule is C=C/C(=C\C=C(/C)NCCCC)c1ccc2c(c1)CN(C(=O)c1ccc(S(C)(=O)=O)c(F)c1CC)CCO2. The number of hydrogen-bond donors (Lipinski definition) is 1. The second-order valence-electron chi connectivity index (χ2n) is 9.38. The summed E-state index contributed by atoms with van der Waals surface area (Å²) in [6, 6.07) is 8.42. The van der Waals surface area contributed by atoms with Gasteiger partial charge in [-0.05, 0) is 61.2 Å². The van der Waals surface area contributed by atoms with Gasteiger partial charge < -0.3 is 15.0 Å². The molecule has 2 aromatic carbocycles. The highest BCUT2D eigenvalue weighted by Crippen LogP contribution is 2.30. The van der Waals surface area contributed by atoms with Crippen LogP contribution in [0.4, 0.5) is 4.39 Å². The molecule has 0 saturated carbocycles. The number of ether oxygens (including phenoxy) is 1. The third-order valence-corrected chi connectivity index (χ3v) is 7.63. The summed E-state index contributed by atoms with van der Waals surface area (Å²) in [6.45, 7) is 11.7. The number of allylic oxidation sites excluding steroid dienone is 5. The number of sulfone groups is 1. The van der Waals surface area contributed by atoms with Crippen LogP contribution in [0.2, 0.25) is 0 Å². The van der Waals surface area contributed by atoms with Crippen LogP contribution in [0.5, 0.6) is 5.75 Å². The maximum absolute atomic E-state index is 15.1. The van der Waals surface area contributed by atoms with E-state index in [1.807, 2.05) is 37.3 Å². The predicted molar refractivity (Wildman–Crippen MR) is 150 cm³/mol. The van der Waals surface area contributed by atoms with E-state index in [0.29, 0.717) is 18.9 Å². The molecule has 1 aliphatic heterocycles. The molecule has 0 atom stereocenters. The van der Waals surface area contributed by atoms with E-state index in [9.17, 15) is 13.2 Å². The Bertz CT molecular complexity index is 1360. The number of fused-ring (bicyclic) bond motifs is 1. The van der Waals surface area contributed by atoms with Crippen LogP contribution in [0.3, 0.4) is 0 Å². The first-order chi connectivity index (χ1) is 18.1. The lowest BCUT2D eigenvalue weighted by Crippen LogP contribution is -2.33. The average Bonchev–Trinajstić information content (AvgIpc) is 3.10. The summed E-state index contributed by atoms with van der Waals surface area (Å²) in [7, 11) is -3.75. The molecule has 0 fully saturated rings. The number of halogens is 1. The monoisotopic (exact) mass is 540 g/mol. The van der Waals surface area contributed by atoms with E-state index in [2.05, 4.69) is 18.8 Å². The Labute approximate surface area is 225 Å². The summed E-state index contributed by atoms with van der Waals surface area (Å²) in [6.07, 6.45) is 9.20. The highest BCUT2D eigenvalue weighted by atomic mass is 32.2. The minimum absolute atomic E-state index is 0.101. The number of nitrogens with one attached hydrogen (secondary N) is 1. The fourth-order valence-corrected chi connectivity index (χ4v) is 5.13. The summed E-state index contributed by atoms with van der Waals surface area (Å²) in [5, 5.41) is 3.39. The van der Waals surface area contributed by atoms with Gasteiger partial charge in [0.2, 0.25) is 0 Å². The van der Waals surface area contributed by atoms with Crippen molar-refractivity contribution < 1.29 is 22.3 Å². The molecule has 0 aromatic heterocycles. The predicted octanol–water partition coefficient (Wildman–Crippen LogP) is 5.69. The number of carbonyl (C=O) groups is 1. The van der Waals surface area contributed by atoms with Crippen LogP contribution in [-0.4, -0.2) is 45.2 Å². The van der Waals surface area contributed by atoms with Gasteiger partial charge in [-0.15, -0.1) is 0 Å². The third-order valence-electron chi connectivity index (χ3n) is 6.52. The Kier molecular flexibility index (Phi) is 9.91. The van der Waals surface area contributed by atoms with Crippen molar-refractivity contribution >= 4 is 21.3 Å². The molecule has 0 aliphatic carbocycles. The molecular formula is C30H37FN2O4S. The van der Waals surface area contributed by atoms with E-state index in [1.165, 1.54) is 12.1 Å². The first-order valence-electron chi connectivity index (χ1n) is 12.9. The fraction of sp³-hybridized carbons (Fsp3) is 0.367. The second kappa shape index (κ2) is 12.9. The molecule has 1 amide bonds. The number of unbranched alkanes of at least 4 members (excludes halogenated alkanes) is 1. The first-order valence-corrected chi connectivity index (χ1v) is 14.8. The topological polar surface area (TPSA) is 75.7 Å². The van der Waals surface area contributed by atoms with E-state index in [0.717, 1.165) is 48.0 Å². The molecule has 0 radical (unpaired) electrons. The summed E-state index contributed by atoms with van der Waals surface area (Å²) in [5.41, 5.74) is 4.02. The number of carbonyl (C=O) groups excluding carboxylic acids is 1. The van der Waals surface area contributed by atoms with Gasteiger partial charge in [0.25, 0.3) is 5.91 Å². The molecule has 6 nitrogen and oxygen atoms in total. The van der Waals surface area contributed by atoms with E-state index in [1.54, 1.807) is 17.9 Å². The van der Waals surface area contributed by atoms with E-state index < -0.39 is 20.5 Å². The van der Waals surface area contributed by atoms with Crippen molar-refractivity contribution in [1.82, 2.24) is 10.2 Å². The lowest BCUT2D eigenvalue weighted by atomic mass is 10.0. The summed E-state index contributed by atoms with van der Waals surface area (Å²) in [5.74, 6) is -0.531. The van der Waals surface area contributed by atoms with Gasteiger partial charge in [0.1, 0.15) is 23.1 Å². The van der Waals surface area contributed by atoms with Gasteiger partial charge in [-0.1, -0.05) is 45.1 Å². The van der Waals surface area contributed by atoms with Crippen LogP contribution in [0.1, 0.15) is 60.7 Å². The number of rotatable bonds is 10. The number of hydrogen-bond acceptors (Lipinski definition) is 5. The Morgan fingerprint density at radius 2 is 1.97 bits per heavy atom. The average molecular weight is 541 g/mol. The van der Waals surface area contributed by atoms with Crippen molar-refractivity contribution in [2.45, 2.75) is 51.5 Å². The molecule has 0 bridgehead atoms. The molecule has 0 unspecified atom stereocenters. The molecule has 1 aliphatic rings. The minimum Gasteiger partial charge on any atom is -0.491 e. The Morgan fingerprint density at radius 1 is 1.21 bits per heavy atom. The molecule has 1 heterocycles. The molecule has 3 rings (SSSR count). The molecular weight excluding hydrogens is 503 g/mol. The first kappa shape index (κ1) is 29.2. The Balaban J connectivity index is 1.90. The van der Waals surface area contributed by atoms with Gasteiger partial charge in [0, 0.05) is 41.7 Å². The maximum Gasteiger partial charge on any atom is 0.254 e. The lowest BCUT2D eigenvalue weighted by molar-refractivity contribution is 0.0731. The Hall–Kier alpha value is -3.39. The van der Waals surface area contributed by atoms with Crippen molar-refractivity contribution in [1.29, 1.82) is 0 Å². The molecule has 204 valence electrons. The van der Waals surface area contributed by atoms with Gasteiger partial charge in [0.05, 0.1) is 6.54 Å². The second-order valence-corrected chi connectivity index (χ2v) is 11.4. The van der Waals surface area contributed by atoms with E-state index >= 15 is 4.39 Å². The highest BCUT2D eigenvalue weighted by molar-refractivity contribution is 7.90. The zero-order chi connectivity index (χ0) is 27.9. The van der Waals surface area contributed by atoms with Gasteiger partial charge in [-0.2, -0.15) is 0 Å². The molecule has 38 heavy (non-hydrogen) atoms. The molecule has 0 saturated heterocycles. The molecule has 1 N–H and O–H groups in total. The van der Waals surface area contributed by atoms with Crippen LogP contribution in [0.15, 0.2) is 65.7 Å². The fourth-order valence-electron chi connectivity index (χ4n) is 4.37. The van der Waals surface area contributed by atoms with Crippen LogP contribution < -0.4 is 10.1 Å². The van der Waals surface area contributed by atoms with E-state index in [4.69, 9.17) is 4.74 Å². The van der Waals surface area contributed by atoms with Gasteiger partial charge >= 0.3 is 0 Å². The smallest absolute Gasteiger partial charge is 0.254 e. The number of amides is 1. The third kappa shape index (κ3) is 6.92. The minimum atomic E-state index is -3.75. The lowest BCUT2D eigenvalue weighted by Gasteiger charge is -2.22. The van der Waals surface area contributed by atoms with Crippen molar-refractivity contribution in [2.24, 2.45) is 0 Å². The molecule has 2 aromatic rings. The van der Waals surface area contributed by atoms with Gasteiger partial charge in [0.15, 0.2) is 9.84 Å². The number of nitrogens with zero attached hydrogens (tertiary/aromatic N) is 1. The zero-order valence-corrected chi connectivity index (χ0v) is 23.5. The van der Waals surface area contributed by atoms with Gasteiger partial charge in [-0.3, -0.25) is 4.79 Å². The van der Waals surface area contributed by atoms with Gasteiger partial charge in [-0.25, -0.2) is 12.8 Å². The van der Waals surface area contributed by atoms with Crippen LogP contribution in [-0.2, 0) is 22.8 Å². The summed E-state index contributed by atoms with van der Waals surface area (Å²) in [4.78, 5) is 14.7. The normalized spacial score (nSPS) is 14.4.